The molecular weight excluding hydrogens is 414 g/mol. The molecule has 0 saturated heterocycles. The molecule has 2 heterocycles. The Morgan fingerprint density at radius 3 is 2.65 bits per heavy atom. The molecule has 2 aliphatic rings. The molecule has 31 heavy (non-hydrogen) atoms. The Bertz CT molecular complexity index is 1060. The van der Waals surface area contributed by atoms with Crippen LogP contribution in [0.25, 0.3) is 0 Å². The van der Waals surface area contributed by atoms with Crippen LogP contribution in [-0.2, 0) is 11.2 Å². The summed E-state index contributed by atoms with van der Waals surface area (Å²) in [7, 11) is 0. The Morgan fingerprint density at radius 2 is 1.81 bits per heavy atom. The fourth-order valence-corrected chi connectivity index (χ4v) is 4.51. The number of carbonyl (C=O) groups is 1. The van der Waals surface area contributed by atoms with Gasteiger partial charge in [0.1, 0.15) is 0 Å². The highest BCUT2D eigenvalue weighted by molar-refractivity contribution is 7.99. The predicted molar refractivity (Wildman–Crippen MR) is 116 cm³/mol. The molecule has 7 nitrogen and oxygen atoms in total. The zero-order chi connectivity index (χ0) is 21.1. The van der Waals surface area contributed by atoms with Crippen LogP contribution in [0.3, 0.4) is 0 Å². The van der Waals surface area contributed by atoms with E-state index in [1.165, 1.54) is 18.2 Å². The van der Waals surface area contributed by atoms with Crippen molar-refractivity contribution in [2.45, 2.75) is 49.5 Å². The Morgan fingerprint density at radius 1 is 1.00 bits per heavy atom. The smallest absolute Gasteiger partial charge is 0.277 e. The number of aromatic nitrogens is 2. The minimum absolute atomic E-state index is 0.154. The summed E-state index contributed by atoms with van der Waals surface area (Å²) in [5.41, 5.74) is 1.77. The number of anilines is 1. The van der Waals surface area contributed by atoms with Gasteiger partial charge in [0.25, 0.3) is 11.0 Å². The van der Waals surface area contributed by atoms with Gasteiger partial charge in [-0.05, 0) is 30.5 Å². The summed E-state index contributed by atoms with van der Waals surface area (Å²) in [6.45, 7) is 0. The molecule has 3 aromatic rings. The molecule has 8 heteroatoms. The summed E-state index contributed by atoms with van der Waals surface area (Å²) in [6.07, 6.45) is 5.80. The van der Waals surface area contributed by atoms with Crippen molar-refractivity contribution in [1.82, 2.24) is 10.2 Å². The summed E-state index contributed by atoms with van der Waals surface area (Å²) in [5.74, 6) is 1.46. The van der Waals surface area contributed by atoms with Gasteiger partial charge >= 0.3 is 0 Å². The number of carbonyl (C=O) groups excluding carboxylic acids is 1. The zero-order valence-electron chi connectivity index (χ0n) is 17.0. The molecule has 160 valence electrons. The SMILES string of the molecule is O=C(CSc1nnc(Cc2ccccc2)o1)Nc1ccc2c(c1)OC1(CCCCC1)O2. The van der Waals surface area contributed by atoms with E-state index >= 15 is 0 Å². The average molecular weight is 438 g/mol. The molecule has 1 aliphatic carbocycles. The molecule has 1 aliphatic heterocycles. The Balaban J connectivity index is 1.14. The van der Waals surface area contributed by atoms with Crippen molar-refractivity contribution in [2.24, 2.45) is 0 Å². The first kappa shape index (κ1) is 19.9. The fourth-order valence-electron chi connectivity index (χ4n) is 3.93. The average Bonchev–Trinajstić information content (AvgIpc) is 3.37. The van der Waals surface area contributed by atoms with Crippen molar-refractivity contribution >= 4 is 23.4 Å². The van der Waals surface area contributed by atoms with Gasteiger partial charge < -0.3 is 19.2 Å². The van der Waals surface area contributed by atoms with Crippen LogP contribution in [0, 0.1) is 0 Å². The number of rotatable bonds is 6. The maximum atomic E-state index is 12.4. The van der Waals surface area contributed by atoms with Crippen molar-refractivity contribution < 1.29 is 18.7 Å². The van der Waals surface area contributed by atoms with Crippen molar-refractivity contribution in [1.29, 1.82) is 0 Å². The predicted octanol–water partition coefficient (Wildman–Crippen LogP) is 4.82. The molecule has 0 atom stereocenters. The Kier molecular flexibility index (Phi) is 5.55. The summed E-state index contributed by atoms with van der Waals surface area (Å²) in [4.78, 5) is 12.4. The van der Waals surface area contributed by atoms with Gasteiger partial charge in [0.15, 0.2) is 11.5 Å². The highest BCUT2D eigenvalue weighted by atomic mass is 32.2. The van der Waals surface area contributed by atoms with E-state index in [2.05, 4.69) is 15.5 Å². The first-order chi connectivity index (χ1) is 15.2. The molecule has 5 rings (SSSR count). The highest BCUT2D eigenvalue weighted by Gasteiger charge is 2.42. The molecule has 1 amide bonds. The third kappa shape index (κ3) is 4.69. The monoisotopic (exact) mass is 437 g/mol. The van der Waals surface area contributed by atoms with E-state index in [1.807, 2.05) is 48.5 Å². The van der Waals surface area contributed by atoms with Gasteiger partial charge in [-0.2, -0.15) is 0 Å². The van der Waals surface area contributed by atoms with Crippen molar-refractivity contribution in [3.63, 3.8) is 0 Å². The number of amides is 1. The van der Waals surface area contributed by atoms with Crippen molar-refractivity contribution in [3.8, 4) is 11.5 Å². The number of nitrogens with zero attached hydrogens (tertiary/aromatic N) is 2. The third-order valence-corrected chi connectivity index (χ3v) is 6.23. The van der Waals surface area contributed by atoms with Crippen LogP contribution in [0.2, 0.25) is 0 Å². The molecule has 2 aromatic carbocycles. The first-order valence-corrected chi connectivity index (χ1v) is 11.5. The molecule has 0 unspecified atom stereocenters. The molecule has 1 N–H and O–H groups in total. The van der Waals surface area contributed by atoms with E-state index in [4.69, 9.17) is 13.9 Å². The number of thioether (sulfide) groups is 1. The van der Waals surface area contributed by atoms with Gasteiger partial charge in [0.2, 0.25) is 11.8 Å². The van der Waals surface area contributed by atoms with Crippen LogP contribution >= 0.6 is 11.8 Å². The lowest BCUT2D eigenvalue weighted by Gasteiger charge is -2.31. The molecular formula is C23H23N3O4S. The number of hydrogen-bond acceptors (Lipinski definition) is 7. The van der Waals surface area contributed by atoms with E-state index in [-0.39, 0.29) is 11.7 Å². The second-order valence-corrected chi connectivity index (χ2v) is 8.72. The molecule has 1 fully saturated rings. The summed E-state index contributed by atoms with van der Waals surface area (Å²) >= 11 is 1.21. The molecule has 0 bridgehead atoms. The first-order valence-electron chi connectivity index (χ1n) is 10.5. The van der Waals surface area contributed by atoms with E-state index in [0.717, 1.165) is 37.0 Å². The number of fused-ring (bicyclic) bond motifs is 1. The normalized spacial score (nSPS) is 16.4. The van der Waals surface area contributed by atoms with E-state index in [1.54, 1.807) is 0 Å². The standard InChI is InChI=1S/C23H23N3O4S/c27-20(15-31-22-26-25-21(28-22)13-16-7-3-1-4-8-16)24-17-9-10-18-19(14-17)30-23(29-18)11-5-2-6-12-23/h1,3-4,7-10,14H,2,5-6,11-13,15H2,(H,24,27). The van der Waals surface area contributed by atoms with Gasteiger partial charge in [0, 0.05) is 24.6 Å². The Labute approximate surface area is 184 Å². The number of benzene rings is 2. The molecule has 0 radical (unpaired) electrons. The highest BCUT2D eigenvalue weighted by Crippen LogP contribution is 2.46. The second kappa shape index (κ2) is 8.63. The fraction of sp³-hybridized carbons (Fsp3) is 0.348. The van der Waals surface area contributed by atoms with Crippen LogP contribution in [0.15, 0.2) is 58.2 Å². The summed E-state index contributed by atoms with van der Waals surface area (Å²) < 4.78 is 17.8. The molecule has 1 saturated carbocycles. The lowest BCUT2D eigenvalue weighted by Crippen LogP contribution is -2.40. The van der Waals surface area contributed by atoms with E-state index in [9.17, 15) is 4.79 Å². The largest absolute Gasteiger partial charge is 0.448 e. The third-order valence-electron chi connectivity index (χ3n) is 5.41. The maximum absolute atomic E-state index is 12.4. The molecule has 1 aromatic heterocycles. The Hall–Kier alpha value is -3.00. The summed E-state index contributed by atoms with van der Waals surface area (Å²) in [5, 5.41) is 11.3. The van der Waals surface area contributed by atoms with Crippen LogP contribution in [-0.4, -0.2) is 27.6 Å². The number of hydrogen-bond donors (Lipinski definition) is 1. The minimum atomic E-state index is -0.519. The van der Waals surface area contributed by atoms with Crippen molar-refractivity contribution in [3.05, 3.63) is 60.0 Å². The lowest BCUT2D eigenvalue weighted by molar-refractivity contribution is -0.113. The van der Waals surface area contributed by atoms with Gasteiger partial charge in [-0.3, -0.25) is 4.79 Å². The molecule has 1 spiro atoms. The zero-order valence-corrected chi connectivity index (χ0v) is 17.8. The van der Waals surface area contributed by atoms with Crippen LogP contribution in [0.5, 0.6) is 11.5 Å². The maximum Gasteiger partial charge on any atom is 0.277 e. The van der Waals surface area contributed by atoms with Crippen LogP contribution in [0.4, 0.5) is 5.69 Å². The van der Waals surface area contributed by atoms with Crippen LogP contribution < -0.4 is 14.8 Å². The second-order valence-electron chi connectivity index (χ2n) is 7.80. The van der Waals surface area contributed by atoms with Gasteiger partial charge in [-0.25, -0.2) is 0 Å². The van der Waals surface area contributed by atoms with E-state index in [0.29, 0.717) is 29.0 Å². The van der Waals surface area contributed by atoms with Crippen molar-refractivity contribution in [2.75, 3.05) is 11.1 Å². The van der Waals surface area contributed by atoms with Gasteiger partial charge in [0.05, 0.1) is 12.2 Å². The topological polar surface area (TPSA) is 86.5 Å². The number of nitrogens with one attached hydrogen (secondary N) is 1. The number of ether oxygens (including phenoxy) is 2. The van der Waals surface area contributed by atoms with E-state index < -0.39 is 5.79 Å². The van der Waals surface area contributed by atoms with Gasteiger partial charge in [-0.15, -0.1) is 10.2 Å². The lowest BCUT2D eigenvalue weighted by atomic mass is 9.94. The quantitative estimate of drug-likeness (QED) is 0.553. The van der Waals surface area contributed by atoms with Gasteiger partial charge in [-0.1, -0.05) is 48.5 Å². The van der Waals surface area contributed by atoms with Crippen LogP contribution in [0.1, 0.15) is 43.6 Å². The minimum Gasteiger partial charge on any atom is -0.448 e. The summed E-state index contributed by atoms with van der Waals surface area (Å²) in [6, 6.07) is 15.4.